The highest BCUT2D eigenvalue weighted by Crippen LogP contribution is 2.20. The minimum absolute atomic E-state index is 0.00650. The molecule has 0 aliphatic heterocycles. The lowest BCUT2D eigenvalue weighted by Gasteiger charge is -2.31. The van der Waals surface area contributed by atoms with E-state index in [0.717, 1.165) is 25.9 Å². The molecule has 0 rings (SSSR count). The maximum atomic E-state index is 9.24. The lowest BCUT2D eigenvalue weighted by Crippen LogP contribution is -2.36. The second kappa shape index (κ2) is 6.38. The summed E-state index contributed by atoms with van der Waals surface area (Å²) in [5, 5.41) is 18.4. The van der Waals surface area contributed by atoms with Gasteiger partial charge in [-0.25, -0.2) is 0 Å². The number of rotatable bonds is 7. The third-order valence-corrected chi connectivity index (χ3v) is 2.82. The monoisotopic (exact) mass is 203 g/mol. The van der Waals surface area contributed by atoms with Crippen molar-refractivity contribution in [3.05, 3.63) is 0 Å². The topological polar surface area (TPSA) is 43.7 Å². The van der Waals surface area contributed by atoms with E-state index < -0.39 is 0 Å². The molecule has 2 N–H and O–H groups in total. The van der Waals surface area contributed by atoms with Crippen LogP contribution in [-0.2, 0) is 0 Å². The largest absolute Gasteiger partial charge is 0.396 e. The van der Waals surface area contributed by atoms with Gasteiger partial charge in [0, 0.05) is 25.1 Å². The van der Waals surface area contributed by atoms with Crippen molar-refractivity contribution in [2.24, 2.45) is 5.41 Å². The Morgan fingerprint density at radius 3 is 2.36 bits per heavy atom. The number of hydrogen-bond donors (Lipinski definition) is 2. The summed E-state index contributed by atoms with van der Waals surface area (Å²) < 4.78 is 0. The van der Waals surface area contributed by atoms with Crippen LogP contribution >= 0.6 is 0 Å². The molecular formula is C11H25NO2. The summed E-state index contributed by atoms with van der Waals surface area (Å²) in [7, 11) is 2.03. The second-order valence-electron chi connectivity index (χ2n) is 4.70. The van der Waals surface area contributed by atoms with Crippen LogP contribution in [0.15, 0.2) is 0 Å². The first-order valence-electron chi connectivity index (χ1n) is 5.41. The van der Waals surface area contributed by atoms with E-state index in [1.54, 1.807) is 6.92 Å². The lowest BCUT2D eigenvalue weighted by molar-refractivity contribution is 0.0868. The van der Waals surface area contributed by atoms with Gasteiger partial charge in [-0.3, -0.25) is 0 Å². The van der Waals surface area contributed by atoms with Gasteiger partial charge in [-0.1, -0.05) is 13.8 Å². The van der Waals surface area contributed by atoms with Crippen LogP contribution in [-0.4, -0.2) is 48.0 Å². The zero-order valence-electron chi connectivity index (χ0n) is 9.95. The molecule has 14 heavy (non-hydrogen) atoms. The molecule has 0 aromatic heterocycles. The van der Waals surface area contributed by atoms with Gasteiger partial charge in [0.1, 0.15) is 0 Å². The number of nitrogens with zero attached hydrogens (tertiary/aromatic N) is 1. The molecule has 2 unspecified atom stereocenters. The molecule has 2 atom stereocenters. The molecule has 0 aromatic rings. The molecule has 3 nitrogen and oxygen atoms in total. The van der Waals surface area contributed by atoms with Crippen molar-refractivity contribution in [1.82, 2.24) is 4.90 Å². The molecule has 0 bridgehead atoms. The summed E-state index contributed by atoms with van der Waals surface area (Å²) in [6.07, 6.45) is 1.53. The molecule has 0 aromatic carbocycles. The predicted octanol–water partition coefficient (Wildman–Crippen LogP) is 1.10. The Morgan fingerprint density at radius 1 is 1.43 bits per heavy atom. The molecule has 0 fully saturated rings. The predicted molar refractivity (Wildman–Crippen MR) is 59.3 cm³/mol. The molecule has 86 valence electrons. The summed E-state index contributed by atoms with van der Waals surface area (Å²) >= 11 is 0. The summed E-state index contributed by atoms with van der Waals surface area (Å²) in [6.45, 7) is 7.98. The Bertz CT molecular complexity index is 144. The minimum Gasteiger partial charge on any atom is -0.396 e. The van der Waals surface area contributed by atoms with Crippen LogP contribution in [0.4, 0.5) is 0 Å². The van der Waals surface area contributed by atoms with E-state index in [9.17, 15) is 5.11 Å². The third kappa shape index (κ3) is 5.58. The summed E-state index contributed by atoms with van der Waals surface area (Å²) in [6, 6.07) is 0. The zero-order valence-corrected chi connectivity index (χ0v) is 9.95. The van der Waals surface area contributed by atoms with Crippen molar-refractivity contribution < 1.29 is 10.2 Å². The fourth-order valence-corrected chi connectivity index (χ4v) is 1.41. The fraction of sp³-hybridized carbons (Fsp3) is 1.00. The molecule has 0 heterocycles. The van der Waals surface area contributed by atoms with E-state index in [-0.39, 0.29) is 18.1 Å². The number of aliphatic hydroxyl groups excluding tert-OH is 2. The van der Waals surface area contributed by atoms with Gasteiger partial charge >= 0.3 is 0 Å². The molecule has 0 radical (unpaired) electrons. The van der Waals surface area contributed by atoms with Crippen molar-refractivity contribution >= 4 is 0 Å². The molecule has 3 heteroatoms. The number of aliphatic hydroxyl groups is 2. The quantitative estimate of drug-likeness (QED) is 0.651. The Morgan fingerprint density at radius 2 is 2.00 bits per heavy atom. The Labute approximate surface area is 87.7 Å². The molecule has 0 amide bonds. The van der Waals surface area contributed by atoms with Crippen molar-refractivity contribution in [3.8, 4) is 0 Å². The van der Waals surface area contributed by atoms with E-state index in [1.807, 2.05) is 7.05 Å². The average Bonchev–Trinajstić information content (AvgIpc) is 2.14. The van der Waals surface area contributed by atoms with E-state index in [1.165, 1.54) is 0 Å². The fourth-order valence-electron chi connectivity index (χ4n) is 1.41. The molecule has 0 saturated heterocycles. The van der Waals surface area contributed by atoms with Crippen LogP contribution in [0.1, 0.15) is 33.6 Å². The van der Waals surface area contributed by atoms with Crippen LogP contribution in [0.5, 0.6) is 0 Å². The SMILES string of the molecule is CCC(C)(CO)CN(C)CCC(C)O. The highest BCUT2D eigenvalue weighted by molar-refractivity contribution is 4.75. The highest BCUT2D eigenvalue weighted by Gasteiger charge is 2.22. The Hall–Kier alpha value is -0.120. The van der Waals surface area contributed by atoms with Gasteiger partial charge in [-0.15, -0.1) is 0 Å². The van der Waals surface area contributed by atoms with Crippen LogP contribution in [0.2, 0.25) is 0 Å². The van der Waals surface area contributed by atoms with Crippen LogP contribution in [0.3, 0.4) is 0 Å². The van der Waals surface area contributed by atoms with Gasteiger partial charge in [0.05, 0.1) is 6.10 Å². The maximum absolute atomic E-state index is 9.24. The van der Waals surface area contributed by atoms with Crippen LogP contribution in [0.25, 0.3) is 0 Å². The Kier molecular flexibility index (Phi) is 6.33. The van der Waals surface area contributed by atoms with Crippen LogP contribution in [0, 0.1) is 5.41 Å². The van der Waals surface area contributed by atoms with Crippen molar-refractivity contribution in [1.29, 1.82) is 0 Å². The van der Waals surface area contributed by atoms with Crippen molar-refractivity contribution in [2.45, 2.75) is 39.7 Å². The Balaban J connectivity index is 3.85. The summed E-state index contributed by atoms with van der Waals surface area (Å²) in [5.74, 6) is 0. The molecule has 0 spiro atoms. The van der Waals surface area contributed by atoms with E-state index in [2.05, 4.69) is 18.7 Å². The average molecular weight is 203 g/mol. The van der Waals surface area contributed by atoms with Gasteiger partial charge in [0.25, 0.3) is 0 Å². The van der Waals surface area contributed by atoms with Crippen LogP contribution < -0.4 is 0 Å². The molecular weight excluding hydrogens is 178 g/mol. The van der Waals surface area contributed by atoms with Gasteiger partial charge < -0.3 is 15.1 Å². The second-order valence-corrected chi connectivity index (χ2v) is 4.70. The van der Waals surface area contributed by atoms with E-state index >= 15 is 0 Å². The minimum atomic E-state index is -0.237. The zero-order chi connectivity index (χ0) is 11.2. The normalized spacial score (nSPS) is 18.2. The van der Waals surface area contributed by atoms with E-state index in [0.29, 0.717) is 0 Å². The van der Waals surface area contributed by atoms with Gasteiger partial charge in [0.15, 0.2) is 0 Å². The van der Waals surface area contributed by atoms with Crippen molar-refractivity contribution in [2.75, 3.05) is 26.7 Å². The highest BCUT2D eigenvalue weighted by atomic mass is 16.3. The lowest BCUT2D eigenvalue weighted by atomic mass is 9.88. The number of hydrogen-bond acceptors (Lipinski definition) is 3. The van der Waals surface area contributed by atoms with Gasteiger partial charge in [-0.05, 0) is 26.8 Å². The maximum Gasteiger partial charge on any atom is 0.0524 e. The third-order valence-electron chi connectivity index (χ3n) is 2.82. The molecule has 0 saturated carbocycles. The molecule has 0 aliphatic carbocycles. The first-order chi connectivity index (χ1) is 6.43. The first-order valence-corrected chi connectivity index (χ1v) is 5.41. The standard InChI is InChI=1S/C11H25NO2/c1-5-11(3,9-13)8-12(4)7-6-10(2)14/h10,13-14H,5-9H2,1-4H3. The molecule has 0 aliphatic rings. The summed E-state index contributed by atoms with van der Waals surface area (Å²) in [5.41, 5.74) is -0.00650. The van der Waals surface area contributed by atoms with E-state index in [4.69, 9.17) is 5.11 Å². The smallest absolute Gasteiger partial charge is 0.0524 e. The first kappa shape index (κ1) is 13.9. The van der Waals surface area contributed by atoms with Crippen molar-refractivity contribution in [3.63, 3.8) is 0 Å². The van der Waals surface area contributed by atoms with Gasteiger partial charge in [0.2, 0.25) is 0 Å². The van der Waals surface area contributed by atoms with Gasteiger partial charge in [-0.2, -0.15) is 0 Å². The summed E-state index contributed by atoms with van der Waals surface area (Å²) in [4.78, 5) is 2.17.